The van der Waals surface area contributed by atoms with Crippen LogP contribution in [-0.4, -0.2) is 66.2 Å². The third-order valence-corrected chi connectivity index (χ3v) is 3.74. The fraction of sp³-hybridized carbons (Fsp3) is 0.769. The number of ether oxygens (including phenoxy) is 1. The summed E-state index contributed by atoms with van der Waals surface area (Å²) in [6.07, 6.45) is 2.16. The van der Waals surface area contributed by atoms with Gasteiger partial charge >= 0.3 is 18.0 Å². The Morgan fingerprint density at radius 2 is 2.05 bits per heavy atom. The molecule has 0 spiro atoms. The molecule has 0 aliphatic carbocycles. The normalized spacial score (nSPS) is 22.2. The van der Waals surface area contributed by atoms with E-state index in [0.29, 0.717) is 18.9 Å². The summed E-state index contributed by atoms with van der Waals surface area (Å²) >= 11 is 0. The summed E-state index contributed by atoms with van der Waals surface area (Å²) in [4.78, 5) is 37.3. The predicted octanol–water partition coefficient (Wildman–Crippen LogP) is 0.786. The van der Waals surface area contributed by atoms with Crippen LogP contribution in [0, 0.1) is 5.92 Å². The van der Waals surface area contributed by atoms with Crippen LogP contribution in [0.1, 0.15) is 26.2 Å². The summed E-state index contributed by atoms with van der Waals surface area (Å²) in [6, 6.07) is -1.27. The maximum absolute atomic E-state index is 12.2. The Kier molecular flexibility index (Phi) is 5.79. The summed E-state index contributed by atoms with van der Waals surface area (Å²) in [6.45, 7) is 2.24. The Balaban J connectivity index is 2.74. The second kappa shape index (κ2) is 7.12. The molecule has 0 saturated carbocycles. The van der Waals surface area contributed by atoms with Crippen molar-refractivity contribution in [2.75, 3.05) is 27.2 Å². The minimum absolute atomic E-state index is 0.185. The number of aliphatic carboxylic acids is 1. The van der Waals surface area contributed by atoms with E-state index in [-0.39, 0.29) is 6.54 Å². The van der Waals surface area contributed by atoms with Gasteiger partial charge in [0, 0.05) is 13.6 Å². The third-order valence-electron chi connectivity index (χ3n) is 3.74. The number of hydrogen-bond acceptors (Lipinski definition) is 4. The zero-order valence-electron chi connectivity index (χ0n) is 12.2. The summed E-state index contributed by atoms with van der Waals surface area (Å²) in [5, 5.41) is 9.28. The molecule has 0 aromatic heterocycles. The number of methoxy groups -OCH3 is 1. The van der Waals surface area contributed by atoms with Crippen LogP contribution in [0.3, 0.4) is 0 Å². The van der Waals surface area contributed by atoms with Crippen LogP contribution in [0.25, 0.3) is 0 Å². The molecule has 20 heavy (non-hydrogen) atoms. The largest absolute Gasteiger partial charge is 0.480 e. The van der Waals surface area contributed by atoms with E-state index in [4.69, 9.17) is 0 Å². The zero-order chi connectivity index (χ0) is 15.3. The lowest BCUT2D eigenvalue weighted by molar-refractivity contribution is -0.144. The highest BCUT2D eigenvalue weighted by atomic mass is 16.5. The Hall–Kier alpha value is -1.79. The van der Waals surface area contributed by atoms with Gasteiger partial charge in [-0.25, -0.2) is 9.59 Å². The molecule has 1 heterocycles. The molecule has 1 N–H and O–H groups in total. The number of carboxylic acids is 1. The van der Waals surface area contributed by atoms with Crippen LogP contribution in [0.4, 0.5) is 4.79 Å². The second-order valence-electron chi connectivity index (χ2n) is 5.06. The highest BCUT2D eigenvalue weighted by molar-refractivity contribution is 5.85. The molecule has 0 aromatic rings. The Morgan fingerprint density at radius 1 is 1.40 bits per heavy atom. The van der Waals surface area contributed by atoms with Crippen LogP contribution in [0.5, 0.6) is 0 Å². The molecule has 1 rings (SSSR count). The second-order valence-corrected chi connectivity index (χ2v) is 5.06. The lowest BCUT2D eigenvalue weighted by atomic mass is 9.89. The SMILES string of the molecule is CCC1CCN(C(=O)N(C)CC(=O)OC)C(C(=O)O)C1. The van der Waals surface area contributed by atoms with E-state index in [2.05, 4.69) is 4.74 Å². The quantitative estimate of drug-likeness (QED) is 0.772. The summed E-state index contributed by atoms with van der Waals surface area (Å²) in [7, 11) is 2.71. The van der Waals surface area contributed by atoms with E-state index in [1.54, 1.807) is 0 Å². The molecule has 114 valence electrons. The number of nitrogens with zero attached hydrogens (tertiary/aromatic N) is 2. The molecule has 1 aliphatic heterocycles. The molecule has 7 heteroatoms. The fourth-order valence-corrected chi connectivity index (χ4v) is 2.42. The Bertz CT molecular complexity index is 385. The number of piperidine rings is 1. The van der Waals surface area contributed by atoms with Gasteiger partial charge in [0.05, 0.1) is 7.11 Å². The van der Waals surface area contributed by atoms with Crippen molar-refractivity contribution in [1.29, 1.82) is 0 Å². The number of hydrogen-bond donors (Lipinski definition) is 1. The molecular weight excluding hydrogens is 264 g/mol. The molecule has 1 aliphatic rings. The first-order valence-electron chi connectivity index (χ1n) is 6.72. The van der Waals surface area contributed by atoms with Crippen molar-refractivity contribution < 1.29 is 24.2 Å². The van der Waals surface area contributed by atoms with Crippen molar-refractivity contribution in [2.24, 2.45) is 5.92 Å². The van der Waals surface area contributed by atoms with Gasteiger partial charge in [0.15, 0.2) is 0 Å². The molecule has 2 unspecified atom stereocenters. The lowest BCUT2D eigenvalue weighted by Gasteiger charge is -2.38. The van der Waals surface area contributed by atoms with Crippen LogP contribution < -0.4 is 0 Å². The van der Waals surface area contributed by atoms with Crippen LogP contribution in [0.15, 0.2) is 0 Å². The molecule has 7 nitrogen and oxygen atoms in total. The molecular formula is C13H22N2O5. The molecule has 1 saturated heterocycles. The monoisotopic (exact) mass is 286 g/mol. The number of carbonyl (C=O) groups is 3. The van der Waals surface area contributed by atoms with E-state index in [1.807, 2.05) is 6.92 Å². The first kappa shape index (κ1) is 16.3. The van der Waals surface area contributed by atoms with Gasteiger partial charge < -0.3 is 19.6 Å². The maximum atomic E-state index is 12.2. The first-order valence-corrected chi connectivity index (χ1v) is 6.72. The molecule has 0 bridgehead atoms. The van der Waals surface area contributed by atoms with E-state index < -0.39 is 24.0 Å². The van der Waals surface area contributed by atoms with Gasteiger partial charge in [0.25, 0.3) is 0 Å². The smallest absolute Gasteiger partial charge is 0.326 e. The molecule has 0 aromatic carbocycles. The number of esters is 1. The Morgan fingerprint density at radius 3 is 2.55 bits per heavy atom. The minimum atomic E-state index is -0.997. The van der Waals surface area contributed by atoms with E-state index in [0.717, 1.165) is 12.8 Å². The van der Waals surface area contributed by atoms with Gasteiger partial charge in [0.1, 0.15) is 12.6 Å². The molecule has 1 fully saturated rings. The van der Waals surface area contributed by atoms with Crippen LogP contribution >= 0.6 is 0 Å². The van der Waals surface area contributed by atoms with Crippen molar-refractivity contribution in [2.45, 2.75) is 32.2 Å². The average molecular weight is 286 g/mol. The average Bonchev–Trinajstić information content (AvgIpc) is 2.45. The zero-order valence-corrected chi connectivity index (χ0v) is 12.2. The van der Waals surface area contributed by atoms with Gasteiger partial charge in [-0.2, -0.15) is 0 Å². The van der Waals surface area contributed by atoms with Gasteiger partial charge in [-0.3, -0.25) is 4.79 Å². The van der Waals surface area contributed by atoms with Gasteiger partial charge in [-0.05, 0) is 18.8 Å². The molecule has 0 radical (unpaired) electrons. The van der Waals surface area contributed by atoms with Crippen molar-refractivity contribution in [3.63, 3.8) is 0 Å². The highest BCUT2D eigenvalue weighted by Gasteiger charge is 2.37. The Labute approximate surface area is 118 Å². The number of carbonyl (C=O) groups excluding carboxylic acids is 2. The number of rotatable bonds is 4. The number of carboxylic acid groups (broad SMARTS) is 1. The van der Waals surface area contributed by atoms with Gasteiger partial charge in [0.2, 0.25) is 0 Å². The molecule has 2 atom stereocenters. The number of likely N-dealkylation sites (N-methyl/N-ethyl adjacent to an activating group) is 1. The van der Waals surface area contributed by atoms with Gasteiger partial charge in [-0.15, -0.1) is 0 Å². The van der Waals surface area contributed by atoms with E-state index in [1.165, 1.54) is 24.0 Å². The highest BCUT2D eigenvalue weighted by Crippen LogP contribution is 2.26. The van der Waals surface area contributed by atoms with E-state index >= 15 is 0 Å². The summed E-state index contributed by atoms with van der Waals surface area (Å²) < 4.78 is 4.50. The minimum Gasteiger partial charge on any atom is -0.480 e. The predicted molar refractivity (Wildman–Crippen MR) is 71.2 cm³/mol. The first-order chi connectivity index (χ1) is 9.40. The summed E-state index contributed by atoms with van der Waals surface area (Å²) in [5.74, 6) is -1.20. The topological polar surface area (TPSA) is 87.2 Å². The van der Waals surface area contributed by atoms with Gasteiger partial charge in [-0.1, -0.05) is 13.3 Å². The number of likely N-dealkylation sites (tertiary alicyclic amines) is 1. The van der Waals surface area contributed by atoms with Crippen molar-refractivity contribution in [3.05, 3.63) is 0 Å². The number of urea groups is 1. The summed E-state index contributed by atoms with van der Waals surface area (Å²) in [5.41, 5.74) is 0. The standard InChI is InChI=1S/C13H22N2O5/c1-4-9-5-6-15(10(7-9)12(17)18)13(19)14(2)8-11(16)20-3/h9-10H,4-8H2,1-3H3,(H,17,18). The van der Waals surface area contributed by atoms with Crippen LogP contribution in [0.2, 0.25) is 0 Å². The van der Waals surface area contributed by atoms with Crippen molar-refractivity contribution in [1.82, 2.24) is 9.80 Å². The molecule has 2 amide bonds. The van der Waals surface area contributed by atoms with E-state index in [9.17, 15) is 19.5 Å². The third kappa shape index (κ3) is 3.85. The lowest BCUT2D eigenvalue weighted by Crippen LogP contribution is -2.54. The van der Waals surface area contributed by atoms with Crippen LogP contribution in [-0.2, 0) is 14.3 Å². The number of amides is 2. The van der Waals surface area contributed by atoms with Crippen molar-refractivity contribution in [3.8, 4) is 0 Å². The maximum Gasteiger partial charge on any atom is 0.326 e. The van der Waals surface area contributed by atoms with Crippen molar-refractivity contribution >= 4 is 18.0 Å². The fourth-order valence-electron chi connectivity index (χ4n) is 2.42.